The van der Waals surface area contributed by atoms with E-state index in [1.54, 1.807) is 30.3 Å². The number of hydrogen-bond donors (Lipinski definition) is 2. The molecule has 0 saturated heterocycles. The summed E-state index contributed by atoms with van der Waals surface area (Å²) in [5.74, 6) is 0.556. The van der Waals surface area contributed by atoms with E-state index in [0.717, 1.165) is 11.8 Å². The molecule has 0 fully saturated rings. The number of ether oxygens (including phenoxy) is 3. The van der Waals surface area contributed by atoms with E-state index in [-0.39, 0.29) is 41.1 Å². The van der Waals surface area contributed by atoms with Crippen LogP contribution < -0.4 is 24.8 Å². The molecule has 11 nitrogen and oxygen atoms in total. The first kappa shape index (κ1) is 22.9. The van der Waals surface area contributed by atoms with Crippen LogP contribution in [0.1, 0.15) is 10.4 Å². The number of anilines is 2. The van der Waals surface area contributed by atoms with Gasteiger partial charge in [0.05, 0.1) is 29.0 Å². The molecule has 12 heteroatoms. The van der Waals surface area contributed by atoms with Crippen LogP contribution in [0.4, 0.5) is 17.1 Å². The minimum absolute atomic E-state index is 0.00807. The Morgan fingerprint density at radius 2 is 1.97 bits per heavy atom. The molecule has 0 atom stereocenters. The molecule has 2 amide bonds. The number of carbonyl (C=O) groups is 2. The van der Waals surface area contributed by atoms with Gasteiger partial charge in [-0.3, -0.25) is 19.7 Å². The second-order valence-electron chi connectivity index (χ2n) is 6.86. The fraction of sp³-hybridized carbons (Fsp3) is 0.136. The van der Waals surface area contributed by atoms with Gasteiger partial charge in [-0.05, 0) is 30.3 Å². The Labute approximate surface area is 197 Å². The number of thioether (sulfide) groups is 1. The summed E-state index contributed by atoms with van der Waals surface area (Å²) in [6.07, 6.45) is 1.50. The Kier molecular flexibility index (Phi) is 6.78. The maximum atomic E-state index is 12.9. The third-order valence-electron chi connectivity index (χ3n) is 4.65. The molecule has 3 aromatic rings. The number of nitrogens with zero attached hydrogens (tertiary/aromatic N) is 2. The van der Waals surface area contributed by atoms with Crippen LogP contribution in [-0.2, 0) is 4.79 Å². The maximum Gasteiger partial charge on any atom is 0.271 e. The van der Waals surface area contributed by atoms with Gasteiger partial charge < -0.3 is 24.8 Å². The number of hydrogen-bond acceptors (Lipinski definition) is 9. The summed E-state index contributed by atoms with van der Waals surface area (Å²) in [7, 11) is 1.39. The van der Waals surface area contributed by atoms with Crippen LogP contribution in [0.5, 0.6) is 17.2 Å². The number of nitro groups is 1. The number of nitro benzene ring substituents is 1. The topological polar surface area (TPSA) is 142 Å². The molecule has 2 N–H and O–H groups in total. The zero-order chi connectivity index (χ0) is 24.1. The molecule has 1 aliphatic rings. The Morgan fingerprint density at radius 3 is 2.76 bits per heavy atom. The van der Waals surface area contributed by atoms with E-state index in [1.165, 1.54) is 31.5 Å². The van der Waals surface area contributed by atoms with Crippen molar-refractivity contribution in [1.29, 1.82) is 0 Å². The first-order valence-corrected chi connectivity index (χ1v) is 10.8. The standard InChI is InChI=1S/C22H18N4O7S/c1-31-17-7-5-14(26(29)30)10-16(17)25-21(28)15-3-2-8-23-22(15)34-11-20(27)24-13-4-6-18-19(9-13)33-12-32-18/h2-10H,11-12H2,1H3,(H,24,27)(H,25,28). The highest BCUT2D eigenvalue weighted by molar-refractivity contribution is 8.00. The van der Waals surface area contributed by atoms with Gasteiger partial charge >= 0.3 is 0 Å². The van der Waals surface area contributed by atoms with Gasteiger partial charge in [-0.25, -0.2) is 4.98 Å². The van der Waals surface area contributed by atoms with Gasteiger partial charge in [-0.1, -0.05) is 11.8 Å². The molecule has 0 saturated carbocycles. The fourth-order valence-electron chi connectivity index (χ4n) is 3.08. The van der Waals surface area contributed by atoms with Gasteiger partial charge in [0.1, 0.15) is 10.8 Å². The Bertz CT molecular complexity index is 1270. The molecule has 174 valence electrons. The molecule has 1 aliphatic heterocycles. The summed E-state index contributed by atoms with van der Waals surface area (Å²) in [5, 5.41) is 16.8. The summed E-state index contributed by atoms with van der Waals surface area (Å²) in [6, 6.07) is 12.1. The van der Waals surface area contributed by atoms with Crippen LogP contribution in [0.3, 0.4) is 0 Å². The molecule has 0 aliphatic carbocycles. The van der Waals surface area contributed by atoms with Gasteiger partial charge in [0, 0.05) is 30.1 Å². The Morgan fingerprint density at radius 1 is 1.15 bits per heavy atom. The molecular weight excluding hydrogens is 464 g/mol. The summed E-state index contributed by atoms with van der Waals surface area (Å²) in [4.78, 5) is 40.1. The van der Waals surface area contributed by atoms with Gasteiger partial charge in [0.25, 0.3) is 11.6 Å². The minimum Gasteiger partial charge on any atom is -0.495 e. The summed E-state index contributed by atoms with van der Waals surface area (Å²) >= 11 is 1.08. The fourth-order valence-corrected chi connectivity index (χ4v) is 3.87. The zero-order valence-corrected chi connectivity index (χ0v) is 18.6. The van der Waals surface area contributed by atoms with Crippen LogP contribution in [-0.4, -0.2) is 41.4 Å². The molecule has 34 heavy (non-hydrogen) atoms. The normalized spacial score (nSPS) is 11.6. The largest absolute Gasteiger partial charge is 0.495 e. The number of fused-ring (bicyclic) bond motifs is 1. The number of carbonyl (C=O) groups excluding carboxylic acids is 2. The van der Waals surface area contributed by atoms with Crippen molar-refractivity contribution in [3.8, 4) is 17.2 Å². The van der Waals surface area contributed by atoms with Crippen molar-refractivity contribution in [2.24, 2.45) is 0 Å². The number of pyridine rings is 1. The average Bonchev–Trinajstić information content (AvgIpc) is 3.30. The van der Waals surface area contributed by atoms with Crippen molar-refractivity contribution in [3.05, 3.63) is 70.4 Å². The molecule has 0 unspecified atom stereocenters. The zero-order valence-electron chi connectivity index (χ0n) is 17.8. The lowest BCUT2D eigenvalue weighted by atomic mass is 10.2. The lowest BCUT2D eigenvalue weighted by molar-refractivity contribution is -0.384. The smallest absolute Gasteiger partial charge is 0.271 e. The highest BCUT2D eigenvalue weighted by Crippen LogP contribution is 2.34. The number of rotatable bonds is 8. The van der Waals surface area contributed by atoms with Crippen LogP contribution in [0, 0.1) is 10.1 Å². The quantitative estimate of drug-likeness (QED) is 0.279. The van der Waals surface area contributed by atoms with E-state index >= 15 is 0 Å². The Balaban J connectivity index is 1.43. The number of amides is 2. The number of non-ortho nitro benzene ring substituents is 1. The van der Waals surface area contributed by atoms with Gasteiger partial charge in [0.15, 0.2) is 11.5 Å². The van der Waals surface area contributed by atoms with E-state index in [9.17, 15) is 19.7 Å². The molecule has 0 radical (unpaired) electrons. The summed E-state index contributed by atoms with van der Waals surface area (Å²) < 4.78 is 15.7. The number of methoxy groups -OCH3 is 1. The lowest BCUT2D eigenvalue weighted by Gasteiger charge is -2.12. The van der Waals surface area contributed by atoms with E-state index in [2.05, 4.69) is 15.6 Å². The van der Waals surface area contributed by atoms with Crippen molar-refractivity contribution < 1.29 is 28.7 Å². The first-order chi connectivity index (χ1) is 16.4. The van der Waals surface area contributed by atoms with Crippen molar-refractivity contribution in [1.82, 2.24) is 4.98 Å². The molecular formula is C22H18N4O7S. The predicted molar refractivity (Wildman–Crippen MR) is 124 cm³/mol. The number of aromatic nitrogens is 1. The monoisotopic (exact) mass is 482 g/mol. The first-order valence-electron chi connectivity index (χ1n) is 9.85. The summed E-state index contributed by atoms with van der Waals surface area (Å²) in [5.41, 5.74) is 0.697. The molecule has 0 bridgehead atoms. The van der Waals surface area contributed by atoms with E-state index in [1.807, 2.05) is 0 Å². The van der Waals surface area contributed by atoms with Crippen molar-refractivity contribution in [2.75, 3.05) is 30.3 Å². The van der Waals surface area contributed by atoms with E-state index in [4.69, 9.17) is 14.2 Å². The summed E-state index contributed by atoms with van der Waals surface area (Å²) in [6.45, 7) is 0.134. The second kappa shape index (κ2) is 10.1. The molecule has 2 heterocycles. The third-order valence-corrected chi connectivity index (χ3v) is 5.66. The molecule has 4 rings (SSSR count). The minimum atomic E-state index is -0.570. The highest BCUT2D eigenvalue weighted by Gasteiger charge is 2.19. The molecule has 1 aromatic heterocycles. The molecule has 2 aromatic carbocycles. The average molecular weight is 482 g/mol. The number of benzene rings is 2. The van der Waals surface area contributed by atoms with Gasteiger partial charge in [-0.15, -0.1) is 0 Å². The van der Waals surface area contributed by atoms with Crippen molar-refractivity contribution in [3.63, 3.8) is 0 Å². The predicted octanol–water partition coefficient (Wildman–Crippen LogP) is 3.71. The van der Waals surface area contributed by atoms with Gasteiger partial charge in [-0.2, -0.15) is 0 Å². The second-order valence-corrected chi connectivity index (χ2v) is 7.82. The maximum absolute atomic E-state index is 12.9. The van der Waals surface area contributed by atoms with Crippen LogP contribution >= 0.6 is 11.8 Å². The van der Waals surface area contributed by atoms with Crippen molar-refractivity contribution >= 4 is 40.6 Å². The van der Waals surface area contributed by atoms with Gasteiger partial charge in [0.2, 0.25) is 12.7 Å². The van der Waals surface area contributed by atoms with E-state index < -0.39 is 10.8 Å². The van der Waals surface area contributed by atoms with Crippen LogP contribution in [0.2, 0.25) is 0 Å². The third kappa shape index (κ3) is 5.18. The molecule has 0 spiro atoms. The van der Waals surface area contributed by atoms with E-state index in [0.29, 0.717) is 22.2 Å². The highest BCUT2D eigenvalue weighted by atomic mass is 32.2. The van der Waals surface area contributed by atoms with Crippen molar-refractivity contribution in [2.45, 2.75) is 5.03 Å². The Hall–Kier alpha value is -4.32. The lowest BCUT2D eigenvalue weighted by Crippen LogP contribution is -2.16. The van der Waals surface area contributed by atoms with Crippen LogP contribution in [0.25, 0.3) is 0 Å². The SMILES string of the molecule is COc1ccc([N+](=O)[O-])cc1NC(=O)c1cccnc1SCC(=O)Nc1ccc2c(c1)OCO2. The number of nitrogens with one attached hydrogen (secondary N) is 2. The van der Waals surface area contributed by atoms with Crippen LogP contribution in [0.15, 0.2) is 59.8 Å².